The lowest BCUT2D eigenvalue weighted by molar-refractivity contribution is 0.0430. The number of nitrogens with zero attached hydrogens (tertiary/aromatic N) is 2. The molecule has 0 N–H and O–H groups in total. The molecule has 1 aliphatic rings. The highest BCUT2D eigenvalue weighted by Gasteiger charge is 2.19. The van der Waals surface area contributed by atoms with Gasteiger partial charge in [0.05, 0.1) is 10.1 Å². The minimum atomic E-state index is -0.398. The lowest BCUT2D eigenvalue weighted by Gasteiger charge is -2.08. The fourth-order valence-corrected chi connectivity index (χ4v) is 5.72. The normalized spacial score (nSPS) is 14.3. The molecule has 4 rings (SSSR count). The van der Waals surface area contributed by atoms with Crippen LogP contribution in [-0.4, -0.2) is 27.6 Å². The van der Waals surface area contributed by atoms with Crippen molar-refractivity contribution in [2.24, 2.45) is 0 Å². The third-order valence-electron chi connectivity index (χ3n) is 4.46. The van der Waals surface area contributed by atoms with Gasteiger partial charge in [-0.2, -0.15) is 4.98 Å². The Bertz CT molecular complexity index is 933. The third kappa shape index (κ3) is 4.42. The van der Waals surface area contributed by atoms with Crippen LogP contribution in [0.15, 0.2) is 53.1 Å². The molecule has 0 unspecified atom stereocenters. The number of thioether (sulfide) groups is 2. The van der Waals surface area contributed by atoms with Crippen molar-refractivity contribution in [2.45, 2.75) is 24.5 Å². The van der Waals surface area contributed by atoms with Gasteiger partial charge in [-0.25, -0.2) is 4.79 Å². The van der Waals surface area contributed by atoms with Gasteiger partial charge in [0.25, 0.3) is 5.89 Å². The number of aryl methyl sites for hydroxylation is 1. The lowest BCUT2D eigenvalue weighted by Crippen LogP contribution is -2.05. The quantitative estimate of drug-likeness (QED) is 0.520. The van der Waals surface area contributed by atoms with E-state index < -0.39 is 5.97 Å². The largest absolute Gasteiger partial charge is 0.452 e. The van der Waals surface area contributed by atoms with Gasteiger partial charge in [0.1, 0.15) is 0 Å². The Hall–Kier alpha value is -2.25. The smallest absolute Gasteiger partial charge is 0.338 e. The van der Waals surface area contributed by atoms with Crippen LogP contribution in [0.1, 0.15) is 38.9 Å². The van der Waals surface area contributed by atoms with Gasteiger partial charge in [0.15, 0.2) is 6.61 Å². The number of aromatic nitrogens is 2. The van der Waals surface area contributed by atoms with Crippen LogP contribution in [0.5, 0.6) is 0 Å². The molecular formula is C21H20N2O3S2. The zero-order valence-electron chi connectivity index (χ0n) is 15.5. The molecule has 0 radical (unpaired) electrons. The first-order chi connectivity index (χ1) is 13.7. The number of hydrogen-bond acceptors (Lipinski definition) is 7. The van der Waals surface area contributed by atoms with Gasteiger partial charge in [-0.05, 0) is 29.7 Å². The van der Waals surface area contributed by atoms with E-state index in [-0.39, 0.29) is 12.5 Å². The summed E-state index contributed by atoms with van der Waals surface area (Å²) in [6.07, 6.45) is 0.979. The van der Waals surface area contributed by atoms with Crippen molar-refractivity contribution in [3.63, 3.8) is 0 Å². The van der Waals surface area contributed by atoms with E-state index >= 15 is 0 Å². The Kier molecular flexibility index (Phi) is 6.02. The summed E-state index contributed by atoms with van der Waals surface area (Å²) in [6.45, 7) is 2.06. The number of benzene rings is 2. The molecule has 1 aliphatic heterocycles. The minimum Gasteiger partial charge on any atom is -0.452 e. The summed E-state index contributed by atoms with van der Waals surface area (Å²) in [5.74, 6) is 2.72. The van der Waals surface area contributed by atoms with E-state index in [1.807, 2.05) is 72.1 Å². The number of hydrogen-bond donors (Lipinski definition) is 0. The molecule has 3 aromatic rings. The molecule has 0 aliphatic carbocycles. The highest BCUT2D eigenvalue weighted by molar-refractivity contribution is 8.19. The summed E-state index contributed by atoms with van der Waals surface area (Å²) in [7, 11) is 0. The van der Waals surface area contributed by atoms with Crippen LogP contribution >= 0.6 is 23.5 Å². The van der Waals surface area contributed by atoms with Gasteiger partial charge in [-0.3, -0.25) is 0 Å². The van der Waals surface area contributed by atoms with E-state index in [1.165, 1.54) is 22.6 Å². The van der Waals surface area contributed by atoms with E-state index in [4.69, 9.17) is 9.26 Å². The molecule has 0 bridgehead atoms. The topological polar surface area (TPSA) is 65.2 Å². The van der Waals surface area contributed by atoms with Crippen LogP contribution in [0, 0.1) is 0 Å². The van der Waals surface area contributed by atoms with Crippen LogP contribution in [0.2, 0.25) is 0 Å². The molecule has 144 valence electrons. The minimum absolute atomic E-state index is 0.0467. The highest BCUT2D eigenvalue weighted by Crippen LogP contribution is 2.45. The maximum atomic E-state index is 12.3. The molecule has 2 aromatic carbocycles. The summed E-state index contributed by atoms with van der Waals surface area (Å²) in [5, 5.41) is 3.97. The Balaban J connectivity index is 1.35. The SMILES string of the molecule is CCc1ccc(-c2noc(COC(=O)c3ccc(C4SCCS4)cc3)n2)cc1. The lowest BCUT2D eigenvalue weighted by atomic mass is 10.1. The molecule has 0 spiro atoms. The van der Waals surface area contributed by atoms with Crippen LogP contribution in [-0.2, 0) is 17.8 Å². The molecule has 0 saturated carbocycles. The van der Waals surface area contributed by atoms with E-state index in [0.29, 0.717) is 16.0 Å². The predicted octanol–water partition coefficient (Wildman–Crippen LogP) is 5.13. The predicted molar refractivity (Wildman–Crippen MR) is 112 cm³/mol. The molecule has 1 saturated heterocycles. The van der Waals surface area contributed by atoms with Gasteiger partial charge in [0, 0.05) is 17.1 Å². The summed E-state index contributed by atoms with van der Waals surface area (Å²) < 4.78 is 11.0. The number of carbonyl (C=O) groups is 1. The average Bonchev–Trinajstić information content (AvgIpc) is 3.44. The summed E-state index contributed by atoms with van der Waals surface area (Å²) in [6, 6.07) is 15.6. The zero-order valence-corrected chi connectivity index (χ0v) is 17.1. The van der Waals surface area contributed by atoms with Gasteiger partial charge >= 0.3 is 5.97 Å². The molecule has 0 atom stereocenters. The van der Waals surface area contributed by atoms with E-state index in [1.54, 1.807) is 0 Å². The molecule has 28 heavy (non-hydrogen) atoms. The van der Waals surface area contributed by atoms with Crippen molar-refractivity contribution in [3.8, 4) is 11.4 Å². The number of rotatable bonds is 6. The van der Waals surface area contributed by atoms with Crippen molar-refractivity contribution in [3.05, 3.63) is 71.1 Å². The van der Waals surface area contributed by atoms with Crippen molar-refractivity contribution in [1.29, 1.82) is 0 Å². The second-order valence-electron chi connectivity index (χ2n) is 6.33. The van der Waals surface area contributed by atoms with Gasteiger partial charge in [-0.15, -0.1) is 23.5 Å². The number of esters is 1. The van der Waals surface area contributed by atoms with Gasteiger partial charge < -0.3 is 9.26 Å². The second kappa shape index (κ2) is 8.84. The summed E-state index contributed by atoms with van der Waals surface area (Å²) in [5.41, 5.74) is 3.88. The van der Waals surface area contributed by atoms with Crippen LogP contribution in [0.25, 0.3) is 11.4 Å². The van der Waals surface area contributed by atoms with Gasteiger partial charge in [-0.1, -0.05) is 48.5 Å². The monoisotopic (exact) mass is 412 g/mol. The summed E-state index contributed by atoms with van der Waals surface area (Å²) >= 11 is 3.88. The first-order valence-electron chi connectivity index (χ1n) is 9.15. The van der Waals surface area contributed by atoms with E-state index in [9.17, 15) is 4.79 Å². The molecular weight excluding hydrogens is 392 g/mol. The third-order valence-corrected chi connectivity index (χ3v) is 7.56. The first kappa shape index (κ1) is 19.1. The Morgan fingerprint density at radius 2 is 1.82 bits per heavy atom. The van der Waals surface area contributed by atoms with Crippen molar-refractivity contribution >= 4 is 29.5 Å². The Morgan fingerprint density at radius 1 is 1.11 bits per heavy atom. The average molecular weight is 413 g/mol. The van der Waals surface area contributed by atoms with Gasteiger partial charge in [0.2, 0.25) is 5.82 Å². The molecule has 7 heteroatoms. The molecule has 0 amide bonds. The van der Waals surface area contributed by atoms with Crippen LogP contribution < -0.4 is 0 Å². The van der Waals surface area contributed by atoms with E-state index in [2.05, 4.69) is 17.1 Å². The second-order valence-corrected chi connectivity index (χ2v) is 9.06. The maximum absolute atomic E-state index is 12.3. The highest BCUT2D eigenvalue weighted by atomic mass is 32.2. The number of carbonyl (C=O) groups excluding carboxylic acids is 1. The Morgan fingerprint density at radius 3 is 2.50 bits per heavy atom. The van der Waals surface area contributed by atoms with Crippen LogP contribution in [0.3, 0.4) is 0 Å². The standard InChI is InChI=1S/C21H20N2O3S2/c1-2-14-3-5-15(6-4-14)19-22-18(26-23-19)13-25-20(24)16-7-9-17(10-8-16)21-27-11-12-28-21/h3-10,21H,2,11-13H2,1H3. The van der Waals surface area contributed by atoms with Crippen molar-refractivity contribution in [1.82, 2.24) is 10.1 Å². The summed E-state index contributed by atoms with van der Waals surface area (Å²) in [4.78, 5) is 16.6. The molecule has 1 fully saturated rings. The van der Waals surface area contributed by atoms with Crippen LogP contribution in [0.4, 0.5) is 0 Å². The van der Waals surface area contributed by atoms with Crippen molar-refractivity contribution < 1.29 is 14.1 Å². The zero-order chi connectivity index (χ0) is 19.3. The van der Waals surface area contributed by atoms with E-state index in [0.717, 1.165) is 12.0 Å². The fraction of sp³-hybridized carbons (Fsp3) is 0.286. The number of ether oxygens (including phenoxy) is 1. The molecule has 1 aromatic heterocycles. The molecule has 2 heterocycles. The first-order valence-corrected chi connectivity index (χ1v) is 11.2. The fourth-order valence-electron chi connectivity index (χ4n) is 2.86. The van der Waals surface area contributed by atoms with Crippen molar-refractivity contribution in [2.75, 3.05) is 11.5 Å². The Labute approximate surface area is 172 Å². The maximum Gasteiger partial charge on any atom is 0.338 e. The molecule has 5 nitrogen and oxygen atoms in total.